The highest BCUT2D eigenvalue weighted by atomic mass is 16.6. The molecule has 0 bridgehead atoms. The first-order chi connectivity index (χ1) is 7.50. The Morgan fingerprint density at radius 3 is 2.50 bits per heavy atom. The van der Waals surface area contributed by atoms with Crippen LogP contribution < -0.4 is 10.6 Å². The van der Waals surface area contributed by atoms with E-state index in [0.29, 0.717) is 12.3 Å². The van der Waals surface area contributed by atoms with Crippen molar-refractivity contribution in [1.82, 2.24) is 0 Å². The normalized spacial score (nSPS) is 19.4. The molecule has 16 heavy (non-hydrogen) atoms. The Bertz CT molecular complexity index is 398. The van der Waals surface area contributed by atoms with Crippen LogP contribution in [0.1, 0.15) is 20.3 Å². The third kappa shape index (κ3) is 1.83. The first kappa shape index (κ1) is 10.8. The van der Waals surface area contributed by atoms with Crippen LogP contribution in [-0.4, -0.2) is 18.2 Å². The lowest BCUT2D eigenvalue weighted by atomic mass is 9.97. The average molecular weight is 220 g/mol. The van der Waals surface area contributed by atoms with E-state index in [1.54, 1.807) is 17.0 Å². The molecule has 0 aromatic heterocycles. The molecular weight excluding hydrogens is 204 g/mol. The molecule has 1 aromatic carbocycles. The summed E-state index contributed by atoms with van der Waals surface area (Å²) >= 11 is 0. The molecule has 0 atom stereocenters. The lowest BCUT2D eigenvalue weighted by Gasteiger charge is -2.41. The van der Waals surface area contributed by atoms with Gasteiger partial charge in [-0.1, -0.05) is 0 Å². The number of nitrogens with zero attached hydrogens (tertiary/aromatic N) is 1. The number of anilines is 2. The fourth-order valence-corrected chi connectivity index (χ4v) is 1.89. The highest BCUT2D eigenvalue weighted by Gasteiger charge is 2.37. The zero-order valence-corrected chi connectivity index (χ0v) is 9.56. The molecule has 86 valence electrons. The van der Waals surface area contributed by atoms with Crippen LogP contribution >= 0.6 is 0 Å². The molecule has 0 spiro atoms. The number of ether oxygens (including phenoxy) is 1. The first-order valence-electron chi connectivity index (χ1n) is 5.33. The van der Waals surface area contributed by atoms with Crippen LogP contribution in [0.2, 0.25) is 0 Å². The van der Waals surface area contributed by atoms with Crippen LogP contribution in [0.3, 0.4) is 0 Å². The molecule has 1 aliphatic heterocycles. The number of rotatable bonds is 1. The second kappa shape index (κ2) is 3.70. The van der Waals surface area contributed by atoms with Gasteiger partial charge in [-0.2, -0.15) is 0 Å². The van der Waals surface area contributed by atoms with Gasteiger partial charge in [0.25, 0.3) is 0 Å². The van der Waals surface area contributed by atoms with E-state index in [9.17, 15) is 4.79 Å². The van der Waals surface area contributed by atoms with Gasteiger partial charge < -0.3 is 10.5 Å². The number of nitrogens with two attached hydrogens (primary N) is 1. The molecule has 2 rings (SSSR count). The maximum absolute atomic E-state index is 11.8. The predicted molar refractivity (Wildman–Crippen MR) is 63.4 cm³/mol. The Labute approximate surface area is 95.0 Å². The second-order valence-corrected chi connectivity index (χ2v) is 4.60. The minimum absolute atomic E-state index is 0.217. The van der Waals surface area contributed by atoms with Gasteiger partial charge in [0.1, 0.15) is 0 Å². The monoisotopic (exact) mass is 220 g/mol. The molecule has 2 N–H and O–H groups in total. The smallest absolute Gasteiger partial charge is 0.414 e. The quantitative estimate of drug-likeness (QED) is 0.739. The lowest BCUT2D eigenvalue weighted by Crippen LogP contribution is -2.52. The molecule has 0 unspecified atom stereocenters. The number of hydrogen-bond acceptors (Lipinski definition) is 3. The predicted octanol–water partition coefficient (Wildman–Crippen LogP) is 2.39. The van der Waals surface area contributed by atoms with E-state index in [-0.39, 0.29) is 11.6 Å². The third-order valence-electron chi connectivity index (χ3n) is 2.88. The minimum Gasteiger partial charge on any atom is -0.449 e. The minimum atomic E-state index is -0.291. The van der Waals surface area contributed by atoms with Gasteiger partial charge in [-0.3, -0.25) is 4.90 Å². The van der Waals surface area contributed by atoms with Crippen molar-refractivity contribution in [2.45, 2.75) is 25.8 Å². The van der Waals surface area contributed by atoms with Crippen LogP contribution in [0.5, 0.6) is 0 Å². The Morgan fingerprint density at radius 1 is 1.31 bits per heavy atom. The summed E-state index contributed by atoms with van der Waals surface area (Å²) in [7, 11) is 0. The summed E-state index contributed by atoms with van der Waals surface area (Å²) in [6, 6.07) is 7.24. The zero-order valence-electron chi connectivity index (χ0n) is 9.56. The molecule has 4 heteroatoms. The second-order valence-electron chi connectivity index (χ2n) is 4.60. The topological polar surface area (TPSA) is 55.6 Å². The summed E-state index contributed by atoms with van der Waals surface area (Å²) in [4.78, 5) is 13.4. The van der Waals surface area contributed by atoms with Crippen LogP contribution in [0.15, 0.2) is 24.3 Å². The van der Waals surface area contributed by atoms with Crippen molar-refractivity contribution in [3.05, 3.63) is 24.3 Å². The number of nitrogen functional groups attached to an aromatic ring is 1. The van der Waals surface area contributed by atoms with Crippen molar-refractivity contribution in [1.29, 1.82) is 0 Å². The summed E-state index contributed by atoms with van der Waals surface area (Å²) < 4.78 is 5.07. The largest absolute Gasteiger partial charge is 0.449 e. The van der Waals surface area contributed by atoms with Crippen molar-refractivity contribution in [3.8, 4) is 0 Å². The molecule has 1 aromatic rings. The molecule has 0 saturated carbocycles. The van der Waals surface area contributed by atoms with Crippen molar-refractivity contribution >= 4 is 17.5 Å². The molecule has 4 nitrogen and oxygen atoms in total. The molecule has 0 radical (unpaired) electrons. The molecule has 0 aliphatic carbocycles. The number of carbonyl (C=O) groups excluding carboxylic acids is 1. The summed E-state index contributed by atoms with van der Waals surface area (Å²) in [6.07, 6.45) is 0.532. The summed E-state index contributed by atoms with van der Waals surface area (Å²) in [5.74, 6) is 0. The van der Waals surface area contributed by atoms with E-state index in [4.69, 9.17) is 10.5 Å². The van der Waals surface area contributed by atoms with Crippen LogP contribution in [0.25, 0.3) is 0 Å². The molecular formula is C12H16N2O2. The Hall–Kier alpha value is -1.71. The highest BCUT2D eigenvalue weighted by molar-refractivity contribution is 5.90. The van der Waals surface area contributed by atoms with Gasteiger partial charge in [-0.05, 0) is 38.1 Å². The zero-order chi connectivity index (χ0) is 11.8. The fourth-order valence-electron chi connectivity index (χ4n) is 1.89. The number of amides is 1. The van der Waals surface area contributed by atoms with Crippen LogP contribution in [-0.2, 0) is 4.74 Å². The summed E-state index contributed by atoms with van der Waals surface area (Å²) in [6.45, 7) is 4.55. The van der Waals surface area contributed by atoms with Gasteiger partial charge in [-0.15, -0.1) is 0 Å². The van der Waals surface area contributed by atoms with Crippen molar-refractivity contribution in [2.75, 3.05) is 17.2 Å². The molecule has 1 aliphatic rings. The SMILES string of the molecule is CC1(C)CCOC(=O)N1c1ccc(N)cc1. The number of carbonyl (C=O) groups is 1. The maximum atomic E-state index is 11.8. The van der Waals surface area contributed by atoms with Crippen molar-refractivity contribution < 1.29 is 9.53 Å². The van der Waals surface area contributed by atoms with Gasteiger partial charge >= 0.3 is 6.09 Å². The van der Waals surface area contributed by atoms with Gasteiger partial charge in [0.05, 0.1) is 6.61 Å². The van der Waals surface area contributed by atoms with Crippen LogP contribution in [0.4, 0.5) is 16.2 Å². The summed E-state index contributed by atoms with van der Waals surface area (Å²) in [5.41, 5.74) is 6.92. The molecule has 1 saturated heterocycles. The van der Waals surface area contributed by atoms with E-state index < -0.39 is 0 Å². The third-order valence-corrected chi connectivity index (χ3v) is 2.88. The Kier molecular flexibility index (Phi) is 2.50. The molecule has 1 fully saturated rings. The highest BCUT2D eigenvalue weighted by Crippen LogP contribution is 2.31. The number of hydrogen-bond donors (Lipinski definition) is 1. The van der Waals surface area contributed by atoms with Gasteiger partial charge in [-0.25, -0.2) is 4.79 Å². The molecule has 1 heterocycles. The van der Waals surface area contributed by atoms with Crippen LogP contribution in [0, 0.1) is 0 Å². The van der Waals surface area contributed by atoms with Crippen molar-refractivity contribution in [3.63, 3.8) is 0 Å². The van der Waals surface area contributed by atoms with E-state index in [1.165, 1.54) is 0 Å². The standard InChI is InChI=1S/C12H16N2O2/c1-12(2)7-8-16-11(15)14(12)10-5-3-9(13)4-6-10/h3-6H,7-8,13H2,1-2H3. The van der Waals surface area contributed by atoms with Crippen molar-refractivity contribution in [2.24, 2.45) is 0 Å². The van der Waals surface area contributed by atoms with E-state index in [2.05, 4.69) is 0 Å². The summed E-state index contributed by atoms with van der Waals surface area (Å²) in [5, 5.41) is 0. The maximum Gasteiger partial charge on any atom is 0.414 e. The number of cyclic esters (lactones) is 1. The van der Waals surface area contributed by atoms with Gasteiger partial charge in [0.15, 0.2) is 0 Å². The van der Waals surface area contributed by atoms with Gasteiger partial charge in [0, 0.05) is 23.3 Å². The van der Waals surface area contributed by atoms with E-state index in [1.807, 2.05) is 26.0 Å². The average Bonchev–Trinajstić information content (AvgIpc) is 2.19. The first-order valence-corrected chi connectivity index (χ1v) is 5.33. The van der Waals surface area contributed by atoms with E-state index >= 15 is 0 Å². The Balaban J connectivity index is 2.36. The Morgan fingerprint density at radius 2 is 1.94 bits per heavy atom. The van der Waals surface area contributed by atoms with Gasteiger partial charge in [0.2, 0.25) is 0 Å². The fraction of sp³-hybridized carbons (Fsp3) is 0.417. The number of benzene rings is 1. The van der Waals surface area contributed by atoms with E-state index in [0.717, 1.165) is 12.1 Å². The lowest BCUT2D eigenvalue weighted by molar-refractivity contribution is 0.115. The molecule has 1 amide bonds.